The number of carbonyl (C=O) groups excluding carboxylic acids is 2. The van der Waals surface area contributed by atoms with Crippen LogP contribution < -0.4 is 9.80 Å². The zero-order chi connectivity index (χ0) is 25.0. The molecule has 0 aromatic heterocycles. The summed E-state index contributed by atoms with van der Waals surface area (Å²) >= 11 is 10.3. The highest BCUT2D eigenvalue weighted by Gasteiger charge is 2.55. The van der Waals surface area contributed by atoms with Crippen LogP contribution in [0.1, 0.15) is 25.8 Å². The van der Waals surface area contributed by atoms with Crippen LogP contribution >= 0.6 is 39.9 Å². The molecule has 186 valence electrons. The minimum atomic E-state index is -1.36. The monoisotopic (exact) mass is 578 g/mol. The second-order valence-electron chi connectivity index (χ2n) is 8.11. The molecule has 1 fully saturated rings. The lowest BCUT2D eigenvalue weighted by molar-refractivity contribution is -0.180. The lowest BCUT2D eigenvalue weighted by Gasteiger charge is -2.28. The number of hydrogen-bond donors (Lipinski definition) is 0. The fraction of sp³-hybridized carbons (Fsp3) is 0.400. The van der Waals surface area contributed by atoms with Gasteiger partial charge in [-0.15, -0.1) is 0 Å². The Balaban J connectivity index is 1.55. The normalized spacial score (nSPS) is 16.9. The molecule has 2 amide bonds. The van der Waals surface area contributed by atoms with Gasteiger partial charge in [0.1, 0.15) is 0 Å². The maximum Gasteiger partial charge on any atom is 0.292 e. The van der Waals surface area contributed by atoms with Crippen LogP contribution in [0.2, 0.25) is 0 Å². The fourth-order valence-corrected chi connectivity index (χ4v) is 5.99. The summed E-state index contributed by atoms with van der Waals surface area (Å²) < 4.78 is 18.5. The van der Waals surface area contributed by atoms with Crippen molar-refractivity contribution in [3.8, 4) is 0 Å². The van der Waals surface area contributed by atoms with Crippen LogP contribution in [-0.4, -0.2) is 54.4 Å². The quantitative estimate of drug-likeness (QED) is 0.414. The van der Waals surface area contributed by atoms with E-state index in [0.717, 1.165) is 21.4 Å². The number of para-hydroxylation sites is 1. The third-order valence-corrected chi connectivity index (χ3v) is 7.84. The van der Waals surface area contributed by atoms with Crippen molar-refractivity contribution in [3.05, 3.63) is 58.6 Å². The molecule has 0 aliphatic carbocycles. The van der Waals surface area contributed by atoms with Gasteiger partial charge >= 0.3 is 0 Å². The molecule has 1 unspecified atom stereocenters. The molecule has 10 heteroatoms. The van der Waals surface area contributed by atoms with Gasteiger partial charge in [0, 0.05) is 41.0 Å². The number of nitrogens with zero attached hydrogens (tertiary/aromatic N) is 2. The first kappa shape index (κ1) is 26.1. The lowest BCUT2D eigenvalue weighted by Crippen LogP contribution is -2.43. The molecule has 7 nitrogen and oxygen atoms in total. The van der Waals surface area contributed by atoms with E-state index < -0.39 is 5.79 Å². The molecule has 0 N–H and O–H groups in total. The first-order chi connectivity index (χ1) is 16.9. The molecule has 1 saturated heterocycles. The van der Waals surface area contributed by atoms with Crippen molar-refractivity contribution < 1.29 is 23.8 Å². The Bertz CT molecular complexity index is 1090. The minimum absolute atomic E-state index is 0.0745. The van der Waals surface area contributed by atoms with Crippen molar-refractivity contribution in [2.45, 2.75) is 31.3 Å². The zero-order valence-electron chi connectivity index (χ0n) is 19.6. The molecule has 2 heterocycles. The smallest absolute Gasteiger partial charge is 0.292 e. The number of amides is 2. The highest BCUT2D eigenvalue weighted by molar-refractivity contribution is 9.10. The van der Waals surface area contributed by atoms with Crippen LogP contribution in [0, 0.1) is 0 Å². The van der Waals surface area contributed by atoms with Crippen LogP contribution in [0.25, 0.3) is 0 Å². The van der Waals surface area contributed by atoms with Crippen molar-refractivity contribution in [1.29, 1.82) is 0 Å². The number of rotatable bonds is 8. The predicted molar refractivity (Wildman–Crippen MR) is 145 cm³/mol. The highest BCUT2D eigenvalue weighted by Crippen LogP contribution is 2.45. The molecule has 2 aromatic carbocycles. The van der Waals surface area contributed by atoms with E-state index in [-0.39, 0.29) is 17.1 Å². The molecule has 2 aliphatic rings. The Labute approximate surface area is 223 Å². The minimum Gasteiger partial charge on any atom is -0.479 e. The summed E-state index contributed by atoms with van der Waals surface area (Å²) in [6, 6.07) is 15.2. The fourth-order valence-electron chi connectivity index (χ4n) is 4.29. The average Bonchev–Trinajstić information content (AvgIpc) is 3.42. The number of hydrogen-bond acceptors (Lipinski definition) is 7. The first-order valence-corrected chi connectivity index (χ1v) is 13.5. The third kappa shape index (κ3) is 5.56. The Morgan fingerprint density at radius 2 is 1.91 bits per heavy atom. The van der Waals surface area contributed by atoms with Gasteiger partial charge in [-0.25, -0.2) is 0 Å². The van der Waals surface area contributed by atoms with E-state index in [1.807, 2.05) is 55.5 Å². The van der Waals surface area contributed by atoms with Crippen LogP contribution in [0.15, 0.2) is 53.0 Å². The van der Waals surface area contributed by atoms with Crippen LogP contribution in [0.4, 0.5) is 11.4 Å². The number of thiocarbonyl (C=S) groups is 1. The van der Waals surface area contributed by atoms with Gasteiger partial charge in [0.25, 0.3) is 11.7 Å². The first-order valence-electron chi connectivity index (χ1n) is 11.4. The second kappa shape index (κ2) is 11.4. The molecule has 0 bridgehead atoms. The van der Waals surface area contributed by atoms with E-state index >= 15 is 0 Å². The SMILES string of the molecule is CCOC(=S)SC(CCN1C(=O)C2(OCCO2)c2ccccc21)CN(C(C)=O)c1ccc(Br)cc1. The molecule has 2 aliphatic heterocycles. The van der Waals surface area contributed by atoms with Crippen LogP contribution in [-0.2, 0) is 29.6 Å². The van der Waals surface area contributed by atoms with Crippen molar-refractivity contribution in [2.24, 2.45) is 0 Å². The van der Waals surface area contributed by atoms with Gasteiger partial charge in [-0.05, 0) is 55.9 Å². The Morgan fingerprint density at radius 1 is 1.23 bits per heavy atom. The number of benzene rings is 2. The van der Waals surface area contributed by atoms with Crippen LogP contribution in [0.3, 0.4) is 0 Å². The van der Waals surface area contributed by atoms with Gasteiger partial charge in [-0.3, -0.25) is 9.59 Å². The summed E-state index contributed by atoms with van der Waals surface area (Å²) in [5.74, 6) is -1.65. The van der Waals surface area contributed by atoms with E-state index in [9.17, 15) is 9.59 Å². The van der Waals surface area contributed by atoms with Crippen molar-refractivity contribution in [3.63, 3.8) is 0 Å². The number of fused-ring (bicyclic) bond motifs is 2. The standard InChI is InChI=1S/C25H27BrN2O5S2/c1-3-31-24(34)35-20(16-28(17(2)29)19-10-8-18(26)9-11-19)12-13-27-22-7-5-4-6-21(22)25(23(27)30)32-14-15-33-25/h4-11,20H,3,12-16H2,1-2H3. The summed E-state index contributed by atoms with van der Waals surface area (Å²) in [5.41, 5.74) is 2.31. The highest BCUT2D eigenvalue weighted by atomic mass is 79.9. The van der Waals surface area contributed by atoms with Gasteiger partial charge in [-0.1, -0.05) is 45.9 Å². The van der Waals surface area contributed by atoms with Gasteiger partial charge in [0.2, 0.25) is 10.3 Å². The molecular weight excluding hydrogens is 552 g/mol. The summed E-state index contributed by atoms with van der Waals surface area (Å²) in [5, 5.41) is -0.108. The van der Waals surface area contributed by atoms with Gasteiger partial charge in [0.05, 0.1) is 25.5 Å². The molecular formula is C25H27BrN2O5S2. The maximum absolute atomic E-state index is 13.5. The molecule has 0 saturated carbocycles. The van der Waals surface area contributed by atoms with Crippen molar-refractivity contribution in [2.75, 3.05) is 42.7 Å². The number of ether oxygens (including phenoxy) is 3. The largest absolute Gasteiger partial charge is 0.479 e. The number of carbonyl (C=O) groups is 2. The number of halogens is 1. The van der Waals surface area contributed by atoms with E-state index in [0.29, 0.717) is 43.7 Å². The number of thioether (sulfide) groups is 1. The second-order valence-corrected chi connectivity index (χ2v) is 10.9. The lowest BCUT2D eigenvalue weighted by atomic mass is 10.1. The molecule has 1 atom stereocenters. The summed E-state index contributed by atoms with van der Waals surface area (Å²) in [4.78, 5) is 29.5. The Kier molecular flexibility index (Phi) is 8.49. The topological polar surface area (TPSA) is 68.3 Å². The van der Waals surface area contributed by atoms with Gasteiger partial charge in [-0.2, -0.15) is 0 Å². The van der Waals surface area contributed by atoms with Gasteiger partial charge < -0.3 is 24.0 Å². The van der Waals surface area contributed by atoms with Crippen molar-refractivity contribution in [1.82, 2.24) is 0 Å². The third-order valence-electron chi connectivity index (χ3n) is 5.87. The van der Waals surface area contributed by atoms with E-state index in [2.05, 4.69) is 15.9 Å². The number of anilines is 2. The van der Waals surface area contributed by atoms with E-state index in [1.165, 1.54) is 11.8 Å². The maximum atomic E-state index is 13.5. The summed E-state index contributed by atoms with van der Waals surface area (Å²) in [7, 11) is 0. The zero-order valence-corrected chi connectivity index (χ0v) is 22.8. The van der Waals surface area contributed by atoms with Crippen molar-refractivity contribution >= 4 is 67.5 Å². The summed E-state index contributed by atoms with van der Waals surface area (Å²) in [6.07, 6.45) is 0.578. The van der Waals surface area contributed by atoms with E-state index in [1.54, 1.807) is 16.7 Å². The predicted octanol–water partition coefficient (Wildman–Crippen LogP) is 4.86. The Hall–Kier alpha value is -1.98. The molecule has 1 spiro atoms. The molecule has 35 heavy (non-hydrogen) atoms. The van der Waals surface area contributed by atoms with Crippen LogP contribution in [0.5, 0.6) is 0 Å². The molecule has 4 rings (SSSR count). The average molecular weight is 580 g/mol. The molecule has 2 aromatic rings. The van der Waals surface area contributed by atoms with E-state index in [4.69, 9.17) is 26.4 Å². The van der Waals surface area contributed by atoms with Gasteiger partial charge in [0.15, 0.2) is 0 Å². The molecule has 0 radical (unpaired) electrons. The summed E-state index contributed by atoms with van der Waals surface area (Å²) in [6.45, 7) is 5.47. The Morgan fingerprint density at radius 3 is 2.57 bits per heavy atom.